The molecule has 4 aromatic rings. The zero-order chi connectivity index (χ0) is 26.2. The van der Waals surface area contributed by atoms with E-state index < -0.39 is 0 Å². The molecular formula is C31H33N3O3S. The van der Waals surface area contributed by atoms with E-state index in [-0.39, 0.29) is 18.4 Å². The topological polar surface area (TPSA) is 53.1 Å². The lowest BCUT2D eigenvalue weighted by atomic mass is 10.0. The van der Waals surface area contributed by atoms with Crippen LogP contribution in [0.5, 0.6) is 0 Å². The van der Waals surface area contributed by atoms with Crippen LogP contribution in [0, 0.1) is 0 Å². The summed E-state index contributed by atoms with van der Waals surface area (Å²) < 4.78 is 5.49. The fourth-order valence-electron chi connectivity index (χ4n) is 4.81. The molecule has 1 aromatic heterocycles. The number of thiophene rings is 1. The van der Waals surface area contributed by atoms with E-state index in [1.165, 1.54) is 0 Å². The minimum Gasteiger partial charge on any atom is -0.379 e. The van der Waals surface area contributed by atoms with Crippen molar-refractivity contribution < 1.29 is 14.3 Å². The Kier molecular flexibility index (Phi) is 8.81. The molecular weight excluding hydrogens is 494 g/mol. The minimum absolute atomic E-state index is 0.0323. The van der Waals surface area contributed by atoms with E-state index in [9.17, 15) is 9.59 Å². The molecule has 0 atom stereocenters. The van der Waals surface area contributed by atoms with Gasteiger partial charge in [0, 0.05) is 43.2 Å². The van der Waals surface area contributed by atoms with Crippen LogP contribution in [0.3, 0.4) is 0 Å². The van der Waals surface area contributed by atoms with Gasteiger partial charge in [0.1, 0.15) is 6.54 Å². The van der Waals surface area contributed by atoms with Gasteiger partial charge in [-0.15, -0.1) is 11.3 Å². The molecule has 196 valence electrons. The maximum absolute atomic E-state index is 14.0. The smallest absolute Gasteiger partial charge is 0.254 e. The second kappa shape index (κ2) is 12.8. The third-order valence-corrected chi connectivity index (χ3v) is 7.78. The Morgan fingerprint density at radius 2 is 1.58 bits per heavy atom. The summed E-state index contributed by atoms with van der Waals surface area (Å²) in [5.74, 6) is -0.169. The van der Waals surface area contributed by atoms with Crippen molar-refractivity contribution in [3.63, 3.8) is 0 Å². The summed E-state index contributed by atoms with van der Waals surface area (Å²) in [4.78, 5) is 34.8. The first kappa shape index (κ1) is 26.1. The van der Waals surface area contributed by atoms with Crippen LogP contribution >= 0.6 is 11.3 Å². The molecule has 2 amide bonds. The molecule has 1 aliphatic heterocycles. The van der Waals surface area contributed by atoms with Gasteiger partial charge in [-0.2, -0.15) is 0 Å². The van der Waals surface area contributed by atoms with E-state index in [0.29, 0.717) is 45.0 Å². The fourth-order valence-corrected chi connectivity index (χ4v) is 5.53. The molecule has 6 nitrogen and oxygen atoms in total. The van der Waals surface area contributed by atoms with E-state index in [0.717, 1.165) is 34.3 Å². The van der Waals surface area contributed by atoms with Crippen molar-refractivity contribution >= 4 is 33.9 Å². The summed E-state index contributed by atoms with van der Waals surface area (Å²) in [5.41, 5.74) is 1.70. The van der Waals surface area contributed by atoms with Gasteiger partial charge in [-0.1, -0.05) is 72.8 Å². The Labute approximate surface area is 228 Å². The van der Waals surface area contributed by atoms with Gasteiger partial charge in [0.25, 0.3) is 5.91 Å². The van der Waals surface area contributed by atoms with Crippen LogP contribution in [-0.2, 0) is 22.6 Å². The highest BCUT2D eigenvalue weighted by molar-refractivity contribution is 7.09. The van der Waals surface area contributed by atoms with Crippen LogP contribution in [-0.4, -0.2) is 72.5 Å². The molecule has 0 N–H and O–H groups in total. The predicted molar refractivity (Wildman–Crippen MR) is 152 cm³/mol. The first-order valence-corrected chi connectivity index (χ1v) is 14.0. The van der Waals surface area contributed by atoms with Crippen molar-refractivity contribution in [2.24, 2.45) is 0 Å². The first-order valence-electron chi connectivity index (χ1n) is 13.1. The lowest BCUT2D eigenvalue weighted by Crippen LogP contribution is -2.47. The highest BCUT2D eigenvalue weighted by atomic mass is 32.1. The molecule has 0 spiro atoms. The summed E-state index contributed by atoms with van der Waals surface area (Å²) in [6.45, 7) is 5.30. The molecule has 3 aromatic carbocycles. The number of rotatable bonds is 10. The lowest BCUT2D eigenvalue weighted by Gasteiger charge is -2.31. The lowest BCUT2D eigenvalue weighted by molar-refractivity contribution is -0.133. The SMILES string of the molecule is O=C(CN(CCN1CCOCC1)C(=O)c1cccc2ccccc12)N(Cc1ccccc1)Cc1cccs1. The Bertz CT molecular complexity index is 1330. The standard InChI is InChI=1S/C31H33N3O3S/c35-30(34(23-27-12-7-21-38-27)22-25-8-2-1-3-9-25)24-33(16-15-32-17-19-37-20-18-32)31(36)29-14-6-11-26-10-4-5-13-28(26)29/h1-14,21H,15-20,22-24H2. The van der Waals surface area contributed by atoms with Crippen LogP contribution in [0.15, 0.2) is 90.3 Å². The quantitative estimate of drug-likeness (QED) is 0.294. The van der Waals surface area contributed by atoms with Gasteiger partial charge < -0.3 is 14.5 Å². The third kappa shape index (κ3) is 6.67. The number of benzene rings is 3. The molecule has 1 saturated heterocycles. The van der Waals surface area contributed by atoms with Gasteiger partial charge in [0.2, 0.25) is 5.91 Å². The Morgan fingerprint density at radius 1 is 0.816 bits per heavy atom. The number of nitrogens with zero attached hydrogens (tertiary/aromatic N) is 3. The van der Waals surface area contributed by atoms with Crippen molar-refractivity contribution in [3.8, 4) is 0 Å². The summed E-state index contributed by atoms with van der Waals surface area (Å²) in [6, 6.07) is 27.8. The molecule has 2 heterocycles. The normalized spacial score (nSPS) is 13.9. The van der Waals surface area contributed by atoms with Crippen LogP contribution in [0.2, 0.25) is 0 Å². The Balaban J connectivity index is 1.39. The zero-order valence-electron chi connectivity index (χ0n) is 21.5. The summed E-state index contributed by atoms with van der Waals surface area (Å²) in [7, 11) is 0. The molecule has 0 radical (unpaired) electrons. The number of hydrogen-bond acceptors (Lipinski definition) is 5. The van der Waals surface area contributed by atoms with Crippen LogP contribution in [0.25, 0.3) is 10.8 Å². The number of morpholine rings is 1. The largest absolute Gasteiger partial charge is 0.379 e. The van der Waals surface area contributed by atoms with Gasteiger partial charge in [-0.05, 0) is 33.8 Å². The molecule has 0 bridgehead atoms. The molecule has 1 aliphatic rings. The first-order chi connectivity index (χ1) is 18.7. The third-order valence-electron chi connectivity index (χ3n) is 6.92. The average Bonchev–Trinajstić information content (AvgIpc) is 3.48. The van der Waals surface area contributed by atoms with Gasteiger partial charge in [0.05, 0.1) is 19.8 Å². The molecule has 0 unspecified atom stereocenters. The molecule has 38 heavy (non-hydrogen) atoms. The second-order valence-electron chi connectivity index (χ2n) is 9.52. The zero-order valence-corrected chi connectivity index (χ0v) is 22.3. The van der Waals surface area contributed by atoms with E-state index in [1.54, 1.807) is 16.2 Å². The van der Waals surface area contributed by atoms with Gasteiger partial charge in [-0.3, -0.25) is 14.5 Å². The molecule has 0 saturated carbocycles. The van der Waals surface area contributed by atoms with Crippen molar-refractivity contribution in [1.82, 2.24) is 14.7 Å². The van der Waals surface area contributed by atoms with Crippen molar-refractivity contribution in [1.29, 1.82) is 0 Å². The van der Waals surface area contributed by atoms with Gasteiger partial charge in [-0.25, -0.2) is 0 Å². The monoisotopic (exact) mass is 527 g/mol. The number of amides is 2. The minimum atomic E-state index is -0.112. The van der Waals surface area contributed by atoms with Crippen molar-refractivity contribution in [2.45, 2.75) is 13.1 Å². The summed E-state index contributed by atoms with van der Waals surface area (Å²) in [5, 5.41) is 3.95. The van der Waals surface area contributed by atoms with E-state index in [4.69, 9.17) is 4.74 Å². The number of fused-ring (bicyclic) bond motifs is 1. The van der Waals surface area contributed by atoms with Gasteiger partial charge >= 0.3 is 0 Å². The van der Waals surface area contributed by atoms with Crippen LogP contribution in [0.4, 0.5) is 0 Å². The van der Waals surface area contributed by atoms with E-state index in [2.05, 4.69) is 4.90 Å². The molecule has 1 fully saturated rings. The van der Waals surface area contributed by atoms with Crippen molar-refractivity contribution in [3.05, 3.63) is 106 Å². The second-order valence-corrected chi connectivity index (χ2v) is 10.6. The van der Waals surface area contributed by atoms with E-state index >= 15 is 0 Å². The molecule has 7 heteroatoms. The Hall–Kier alpha value is -3.52. The highest BCUT2D eigenvalue weighted by Crippen LogP contribution is 2.21. The van der Waals surface area contributed by atoms with Crippen molar-refractivity contribution in [2.75, 3.05) is 45.9 Å². The number of carbonyl (C=O) groups is 2. The number of hydrogen-bond donors (Lipinski definition) is 0. The molecule has 5 rings (SSSR count). The number of ether oxygens (including phenoxy) is 1. The van der Waals surface area contributed by atoms with E-state index in [1.807, 2.05) is 95.2 Å². The van der Waals surface area contributed by atoms with Gasteiger partial charge in [0.15, 0.2) is 0 Å². The van der Waals surface area contributed by atoms with Crippen LogP contribution in [0.1, 0.15) is 20.8 Å². The molecule has 0 aliphatic carbocycles. The highest BCUT2D eigenvalue weighted by Gasteiger charge is 2.25. The number of carbonyl (C=O) groups excluding carboxylic acids is 2. The maximum Gasteiger partial charge on any atom is 0.254 e. The average molecular weight is 528 g/mol. The fraction of sp³-hybridized carbons (Fsp3) is 0.290. The maximum atomic E-state index is 14.0. The summed E-state index contributed by atoms with van der Waals surface area (Å²) >= 11 is 1.64. The Morgan fingerprint density at radius 3 is 2.37 bits per heavy atom. The van der Waals surface area contributed by atoms with Crippen LogP contribution < -0.4 is 0 Å². The predicted octanol–water partition coefficient (Wildman–Crippen LogP) is 4.90. The summed E-state index contributed by atoms with van der Waals surface area (Å²) in [6.07, 6.45) is 0.